The van der Waals surface area contributed by atoms with E-state index in [1.54, 1.807) is 24.3 Å². The molecule has 1 aromatic rings. The van der Waals surface area contributed by atoms with E-state index in [0.29, 0.717) is 30.4 Å². The predicted molar refractivity (Wildman–Crippen MR) is 77.1 cm³/mol. The van der Waals surface area contributed by atoms with Crippen molar-refractivity contribution in [1.82, 2.24) is 5.32 Å². The van der Waals surface area contributed by atoms with Crippen LogP contribution < -0.4 is 16.0 Å². The first kappa shape index (κ1) is 15.2. The number of hydrogen-bond acceptors (Lipinski definition) is 3. The Balaban J connectivity index is 2.47. The fraction of sp³-hybridized carbons (Fsp3) is 0.429. The first-order valence-electron chi connectivity index (χ1n) is 6.38. The second-order valence-corrected chi connectivity index (χ2v) is 4.67. The van der Waals surface area contributed by atoms with Crippen molar-refractivity contribution in [2.24, 2.45) is 0 Å². The highest BCUT2D eigenvalue weighted by Crippen LogP contribution is 2.15. The average Bonchev–Trinajstić information content (AvgIpc) is 2.27. The molecule has 1 rings (SSSR count). The maximum Gasteiger partial charge on any atom is 0.225 e. The van der Waals surface area contributed by atoms with E-state index in [1.165, 1.54) is 6.92 Å². The summed E-state index contributed by atoms with van der Waals surface area (Å²) in [5.74, 6) is -0.183. The quantitative estimate of drug-likeness (QED) is 0.735. The van der Waals surface area contributed by atoms with Crippen LogP contribution in [-0.4, -0.2) is 24.4 Å². The third-order valence-electron chi connectivity index (χ3n) is 2.37. The molecular formula is C14H21N3O2. The van der Waals surface area contributed by atoms with Gasteiger partial charge in [-0.2, -0.15) is 0 Å². The number of amides is 2. The zero-order chi connectivity index (χ0) is 14.3. The van der Waals surface area contributed by atoms with Crippen molar-refractivity contribution >= 4 is 23.2 Å². The Hall–Kier alpha value is -1.88. The van der Waals surface area contributed by atoms with Gasteiger partial charge in [0.1, 0.15) is 0 Å². The van der Waals surface area contributed by atoms with Crippen LogP contribution in [0.3, 0.4) is 0 Å². The van der Waals surface area contributed by atoms with Gasteiger partial charge in [0.2, 0.25) is 11.8 Å². The summed E-state index contributed by atoms with van der Waals surface area (Å²) >= 11 is 0. The minimum absolute atomic E-state index is 0.0480. The largest absolute Gasteiger partial charge is 0.326 e. The maximum absolute atomic E-state index is 11.7. The lowest BCUT2D eigenvalue weighted by Gasteiger charge is -2.09. The fourth-order valence-electron chi connectivity index (χ4n) is 1.58. The molecule has 0 spiro atoms. The summed E-state index contributed by atoms with van der Waals surface area (Å²) < 4.78 is 0. The number of rotatable bonds is 6. The number of anilines is 2. The molecule has 0 bridgehead atoms. The Bertz CT molecular complexity index is 444. The second kappa shape index (κ2) is 7.53. The van der Waals surface area contributed by atoms with E-state index >= 15 is 0 Å². The van der Waals surface area contributed by atoms with Crippen LogP contribution in [0.15, 0.2) is 24.3 Å². The highest BCUT2D eigenvalue weighted by atomic mass is 16.2. The lowest BCUT2D eigenvalue weighted by atomic mass is 10.2. The number of benzene rings is 1. The summed E-state index contributed by atoms with van der Waals surface area (Å²) in [7, 11) is 0. The molecule has 0 saturated heterocycles. The molecule has 0 atom stereocenters. The summed E-state index contributed by atoms with van der Waals surface area (Å²) in [4.78, 5) is 22.6. The van der Waals surface area contributed by atoms with E-state index in [1.807, 2.05) is 13.8 Å². The molecule has 1 aromatic carbocycles. The van der Waals surface area contributed by atoms with Crippen LogP contribution in [0.4, 0.5) is 11.4 Å². The summed E-state index contributed by atoms with van der Waals surface area (Å²) in [6.45, 7) is 6.17. The molecule has 5 nitrogen and oxygen atoms in total. The van der Waals surface area contributed by atoms with E-state index in [-0.39, 0.29) is 11.8 Å². The second-order valence-electron chi connectivity index (χ2n) is 4.67. The minimum Gasteiger partial charge on any atom is -0.326 e. The molecular weight excluding hydrogens is 242 g/mol. The van der Waals surface area contributed by atoms with Crippen molar-refractivity contribution in [3.05, 3.63) is 24.3 Å². The molecule has 3 N–H and O–H groups in total. The van der Waals surface area contributed by atoms with E-state index in [0.717, 1.165) is 0 Å². The molecule has 0 heterocycles. The smallest absolute Gasteiger partial charge is 0.225 e. The Morgan fingerprint density at radius 2 is 1.79 bits per heavy atom. The molecule has 0 aliphatic rings. The molecule has 5 heteroatoms. The van der Waals surface area contributed by atoms with Crippen molar-refractivity contribution in [2.75, 3.05) is 17.2 Å². The summed E-state index contributed by atoms with van der Waals surface area (Å²) in [6, 6.07) is 7.45. The fourth-order valence-corrected chi connectivity index (χ4v) is 1.58. The van der Waals surface area contributed by atoms with Gasteiger partial charge in [0, 0.05) is 37.3 Å². The van der Waals surface area contributed by atoms with Crippen molar-refractivity contribution < 1.29 is 9.59 Å². The van der Waals surface area contributed by atoms with Gasteiger partial charge < -0.3 is 16.0 Å². The highest BCUT2D eigenvalue weighted by molar-refractivity contribution is 5.93. The van der Waals surface area contributed by atoms with Crippen molar-refractivity contribution in [3.63, 3.8) is 0 Å². The molecule has 19 heavy (non-hydrogen) atoms. The van der Waals surface area contributed by atoms with Gasteiger partial charge in [-0.1, -0.05) is 19.9 Å². The first-order chi connectivity index (χ1) is 8.97. The molecule has 0 fully saturated rings. The van der Waals surface area contributed by atoms with Gasteiger partial charge in [0.25, 0.3) is 0 Å². The van der Waals surface area contributed by atoms with Crippen LogP contribution in [0, 0.1) is 0 Å². The van der Waals surface area contributed by atoms with Gasteiger partial charge in [-0.25, -0.2) is 0 Å². The molecule has 2 amide bonds. The number of nitrogens with one attached hydrogen (secondary N) is 3. The van der Waals surface area contributed by atoms with E-state index in [2.05, 4.69) is 16.0 Å². The summed E-state index contributed by atoms with van der Waals surface area (Å²) in [5.41, 5.74) is 1.35. The Morgan fingerprint density at radius 3 is 2.37 bits per heavy atom. The maximum atomic E-state index is 11.7. The Morgan fingerprint density at radius 1 is 1.16 bits per heavy atom. The summed E-state index contributed by atoms with van der Waals surface area (Å²) in [5, 5.41) is 8.65. The van der Waals surface area contributed by atoms with E-state index < -0.39 is 0 Å². The number of carbonyl (C=O) groups is 2. The Kier molecular flexibility index (Phi) is 6.02. The minimum atomic E-state index is -0.135. The van der Waals surface area contributed by atoms with Crippen LogP contribution >= 0.6 is 0 Å². The van der Waals surface area contributed by atoms with Crippen molar-refractivity contribution in [1.29, 1.82) is 0 Å². The van der Waals surface area contributed by atoms with Crippen LogP contribution in [-0.2, 0) is 9.59 Å². The van der Waals surface area contributed by atoms with Gasteiger partial charge >= 0.3 is 0 Å². The predicted octanol–water partition coefficient (Wildman–Crippen LogP) is 1.97. The first-order valence-corrected chi connectivity index (χ1v) is 6.38. The van der Waals surface area contributed by atoms with E-state index in [9.17, 15) is 9.59 Å². The van der Waals surface area contributed by atoms with Crippen LogP contribution in [0.1, 0.15) is 27.2 Å². The SMILES string of the molecule is CC(=O)Nc1cccc(NC(=O)CCNC(C)C)c1. The molecule has 0 aromatic heterocycles. The molecule has 0 aliphatic carbocycles. The molecule has 0 aliphatic heterocycles. The normalized spacial score (nSPS) is 10.3. The van der Waals surface area contributed by atoms with Gasteiger partial charge in [-0.05, 0) is 18.2 Å². The number of hydrogen-bond donors (Lipinski definition) is 3. The van der Waals surface area contributed by atoms with E-state index in [4.69, 9.17) is 0 Å². The lowest BCUT2D eigenvalue weighted by molar-refractivity contribution is -0.116. The third kappa shape index (κ3) is 6.57. The monoisotopic (exact) mass is 263 g/mol. The topological polar surface area (TPSA) is 70.2 Å². The average molecular weight is 263 g/mol. The zero-order valence-corrected chi connectivity index (χ0v) is 11.6. The van der Waals surface area contributed by atoms with Crippen molar-refractivity contribution in [2.45, 2.75) is 33.2 Å². The van der Waals surface area contributed by atoms with Gasteiger partial charge in [0.15, 0.2) is 0 Å². The van der Waals surface area contributed by atoms with Crippen molar-refractivity contribution in [3.8, 4) is 0 Å². The van der Waals surface area contributed by atoms with Gasteiger partial charge in [-0.15, -0.1) is 0 Å². The number of carbonyl (C=O) groups excluding carboxylic acids is 2. The molecule has 0 radical (unpaired) electrons. The van der Waals surface area contributed by atoms with Gasteiger partial charge in [0.05, 0.1) is 0 Å². The zero-order valence-electron chi connectivity index (χ0n) is 11.6. The Labute approximate surface area is 113 Å². The van der Waals surface area contributed by atoms with Crippen LogP contribution in [0.2, 0.25) is 0 Å². The standard InChI is InChI=1S/C14H21N3O2/c1-10(2)15-8-7-14(19)17-13-6-4-5-12(9-13)16-11(3)18/h4-6,9-10,15H,7-8H2,1-3H3,(H,16,18)(H,17,19). The summed E-state index contributed by atoms with van der Waals surface area (Å²) in [6.07, 6.45) is 0.419. The van der Waals surface area contributed by atoms with Crippen LogP contribution in [0.25, 0.3) is 0 Å². The molecule has 0 unspecified atom stereocenters. The molecule has 104 valence electrons. The lowest BCUT2D eigenvalue weighted by Crippen LogP contribution is -2.27. The molecule has 0 saturated carbocycles. The van der Waals surface area contributed by atoms with Gasteiger partial charge in [-0.3, -0.25) is 9.59 Å². The van der Waals surface area contributed by atoms with Crippen LogP contribution in [0.5, 0.6) is 0 Å². The highest BCUT2D eigenvalue weighted by Gasteiger charge is 2.04. The third-order valence-corrected chi connectivity index (χ3v) is 2.37.